The number of ketones is 1. The third-order valence-corrected chi connectivity index (χ3v) is 2.98. The van der Waals surface area contributed by atoms with Crippen molar-refractivity contribution < 1.29 is 9.53 Å². The molecule has 0 saturated carbocycles. The van der Waals surface area contributed by atoms with Crippen molar-refractivity contribution in [2.75, 3.05) is 7.11 Å². The van der Waals surface area contributed by atoms with Crippen LogP contribution in [0.25, 0.3) is 0 Å². The predicted octanol–water partition coefficient (Wildman–Crippen LogP) is 3.07. The molecule has 0 spiro atoms. The van der Waals surface area contributed by atoms with Crippen molar-refractivity contribution in [2.24, 2.45) is 5.73 Å². The number of benzene rings is 1. The lowest BCUT2D eigenvalue weighted by Crippen LogP contribution is -2.11. The minimum atomic E-state index is 0.0624. The lowest BCUT2D eigenvalue weighted by Gasteiger charge is -2.13. The third kappa shape index (κ3) is 3.81. The molecule has 3 nitrogen and oxygen atoms in total. The predicted molar refractivity (Wildman–Crippen MR) is 77.4 cm³/mol. The van der Waals surface area contributed by atoms with Crippen LogP contribution in [0.4, 0.5) is 0 Å². The largest absolute Gasteiger partial charge is 0.496 e. The maximum atomic E-state index is 12.0. The molecular weight excluding hydrogens is 246 g/mol. The topological polar surface area (TPSA) is 52.3 Å². The Hall–Kier alpha value is -1.42. The van der Waals surface area contributed by atoms with E-state index in [0.717, 1.165) is 11.3 Å². The first-order valence-corrected chi connectivity index (χ1v) is 6.36. The van der Waals surface area contributed by atoms with Crippen molar-refractivity contribution >= 4 is 23.0 Å². The summed E-state index contributed by atoms with van der Waals surface area (Å²) in [6, 6.07) is 5.52. The van der Waals surface area contributed by atoms with E-state index in [1.165, 1.54) is 0 Å². The van der Waals surface area contributed by atoms with Crippen LogP contribution >= 0.6 is 12.2 Å². The summed E-state index contributed by atoms with van der Waals surface area (Å²) >= 11 is 4.78. The van der Waals surface area contributed by atoms with Crippen molar-refractivity contribution in [2.45, 2.75) is 32.6 Å². The molecule has 0 atom stereocenters. The minimum Gasteiger partial charge on any atom is -0.496 e. The molecule has 1 aromatic rings. The van der Waals surface area contributed by atoms with E-state index in [1.807, 2.05) is 12.1 Å². The van der Waals surface area contributed by atoms with Crippen molar-refractivity contribution in [1.29, 1.82) is 0 Å². The first-order valence-electron chi connectivity index (χ1n) is 5.95. The van der Waals surface area contributed by atoms with Gasteiger partial charge in [0.05, 0.1) is 12.1 Å². The molecule has 0 aromatic heterocycles. The Morgan fingerprint density at radius 3 is 2.56 bits per heavy atom. The van der Waals surface area contributed by atoms with Gasteiger partial charge in [-0.05, 0) is 29.7 Å². The van der Waals surface area contributed by atoms with Gasteiger partial charge in [-0.1, -0.05) is 26.1 Å². The maximum absolute atomic E-state index is 12.0. The zero-order chi connectivity index (χ0) is 13.7. The quantitative estimate of drug-likeness (QED) is 0.634. The number of nitrogens with two attached hydrogens (primary N) is 1. The van der Waals surface area contributed by atoms with Crippen LogP contribution < -0.4 is 10.5 Å². The zero-order valence-electron chi connectivity index (χ0n) is 11.0. The molecule has 98 valence electrons. The first kappa shape index (κ1) is 14.6. The van der Waals surface area contributed by atoms with Crippen LogP contribution in [-0.2, 0) is 0 Å². The highest BCUT2D eigenvalue weighted by atomic mass is 32.1. The van der Waals surface area contributed by atoms with E-state index in [9.17, 15) is 4.79 Å². The number of rotatable bonds is 6. The van der Waals surface area contributed by atoms with E-state index >= 15 is 0 Å². The fourth-order valence-corrected chi connectivity index (χ4v) is 1.84. The van der Waals surface area contributed by atoms with Gasteiger partial charge in [-0.25, -0.2) is 0 Å². The van der Waals surface area contributed by atoms with Gasteiger partial charge in [0.15, 0.2) is 5.78 Å². The molecule has 0 heterocycles. The van der Waals surface area contributed by atoms with E-state index < -0.39 is 0 Å². The number of methoxy groups -OCH3 is 1. The van der Waals surface area contributed by atoms with Gasteiger partial charge < -0.3 is 10.5 Å². The second-order valence-corrected chi connectivity index (χ2v) is 5.03. The summed E-state index contributed by atoms with van der Waals surface area (Å²) in [7, 11) is 1.63. The van der Waals surface area contributed by atoms with E-state index in [-0.39, 0.29) is 5.78 Å². The maximum Gasteiger partial charge on any atom is 0.163 e. The SMILES string of the molecule is COc1ccc(C(=O)CCC(N)=S)cc1C(C)C. The molecule has 2 N–H and O–H groups in total. The van der Waals surface area contributed by atoms with Gasteiger partial charge in [-0.2, -0.15) is 0 Å². The molecule has 0 aliphatic carbocycles. The number of hydrogen-bond acceptors (Lipinski definition) is 3. The van der Waals surface area contributed by atoms with E-state index in [2.05, 4.69) is 13.8 Å². The molecule has 0 amide bonds. The molecule has 0 saturated heterocycles. The second kappa shape index (κ2) is 6.50. The Labute approximate surface area is 113 Å². The molecule has 0 aliphatic rings. The van der Waals surface area contributed by atoms with E-state index in [0.29, 0.717) is 29.3 Å². The van der Waals surface area contributed by atoms with Crippen molar-refractivity contribution in [3.63, 3.8) is 0 Å². The number of hydrogen-bond donors (Lipinski definition) is 1. The Morgan fingerprint density at radius 2 is 2.06 bits per heavy atom. The lowest BCUT2D eigenvalue weighted by molar-refractivity contribution is 0.0985. The molecule has 0 radical (unpaired) electrons. The Bertz CT molecular complexity index is 455. The van der Waals surface area contributed by atoms with Gasteiger partial charge >= 0.3 is 0 Å². The third-order valence-electron chi connectivity index (χ3n) is 2.77. The average Bonchev–Trinajstić information content (AvgIpc) is 2.34. The summed E-state index contributed by atoms with van der Waals surface area (Å²) in [5.41, 5.74) is 7.13. The van der Waals surface area contributed by atoms with Crippen LogP contribution in [0.5, 0.6) is 5.75 Å². The number of ether oxygens (including phenoxy) is 1. The molecule has 4 heteroatoms. The van der Waals surface area contributed by atoms with Crippen molar-refractivity contribution in [3.8, 4) is 5.75 Å². The van der Waals surface area contributed by atoms with Crippen LogP contribution in [0.2, 0.25) is 0 Å². The molecule has 0 fully saturated rings. The van der Waals surface area contributed by atoms with Gasteiger partial charge in [0.1, 0.15) is 5.75 Å². The number of Topliss-reactive ketones (excluding diaryl/α,β-unsaturated/α-hetero) is 1. The molecule has 1 aromatic carbocycles. The smallest absolute Gasteiger partial charge is 0.163 e. The van der Waals surface area contributed by atoms with Gasteiger partial charge in [-0.15, -0.1) is 0 Å². The fraction of sp³-hybridized carbons (Fsp3) is 0.429. The van der Waals surface area contributed by atoms with E-state index in [1.54, 1.807) is 13.2 Å². The van der Waals surface area contributed by atoms with Gasteiger partial charge in [0.2, 0.25) is 0 Å². The highest BCUT2D eigenvalue weighted by Crippen LogP contribution is 2.27. The molecule has 0 unspecified atom stereocenters. The number of thiocarbonyl (C=S) groups is 1. The molecule has 0 aliphatic heterocycles. The minimum absolute atomic E-state index is 0.0624. The molecular formula is C14H19NO2S. The first-order chi connectivity index (χ1) is 8.45. The van der Waals surface area contributed by atoms with Crippen LogP contribution in [-0.4, -0.2) is 17.9 Å². The highest BCUT2D eigenvalue weighted by molar-refractivity contribution is 7.80. The van der Waals surface area contributed by atoms with Gasteiger partial charge in [0.25, 0.3) is 0 Å². The monoisotopic (exact) mass is 265 g/mol. The summed E-state index contributed by atoms with van der Waals surface area (Å²) in [4.78, 5) is 12.3. The zero-order valence-corrected chi connectivity index (χ0v) is 11.8. The Balaban J connectivity index is 2.93. The molecule has 0 bridgehead atoms. The molecule has 1 rings (SSSR count). The Kier molecular flexibility index (Phi) is 5.28. The highest BCUT2D eigenvalue weighted by Gasteiger charge is 2.12. The van der Waals surface area contributed by atoms with Gasteiger partial charge in [0, 0.05) is 18.4 Å². The van der Waals surface area contributed by atoms with Crippen LogP contribution in [0.1, 0.15) is 48.5 Å². The summed E-state index contributed by atoms with van der Waals surface area (Å²) < 4.78 is 5.29. The summed E-state index contributed by atoms with van der Waals surface area (Å²) in [6.07, 6.45) is 0.816. The normalized spacial score (nSPS) is 10.4. The van der Waals surface area contributed by atoms with Crippen LogP contribution in [0.3, 0.4) is 0 Å². The van der Waals surface area contributed by atoms with Crippen molar-refractivity contribution in [1.82, 2.24) is 0 Å². The van der Waals surface area contributed by atoms with Crippen molar-refractivity contribution in [3.05, 3.63) is 29.3 Å². The lowest BCUT2D eigenvalue weighted by atomic mass is 9.97. The number of carbonyl (C=O) groups is 1. The average molecular weight is 265 g/mol. The van der Waals surface area contributed by atoms with E-state index in [4.69, 9.17) is 22.7 Å². The van der Waals surface area contributed by atoms with Gasteiger partial charge in [-0.3, -0.25) is 4.79 Å². The number of carbonyl (C=O) groups excluding carboxylic acids is 1. The standard InChI is InChI=1S/C14H19NO2S/c1-9(2)11-8-10(4-6-13(11)17-3)12(16)5-7-14(15)18/h4,6,8-9H,5,7H2,1-3H3,(H2,15,18). The summed E-state index contributed by atoms with van der Waals surface area (Å²) in [5, 5.41) is 0. The Morgan fingerprint density at radius 1 is 1.39 bits per heavy atom. The van der Waals surface area contributed by atoms with Crippen LogP contribution in [0, 0.1) is 0 Å². The molecule has 18 heavy (non-hydrogen) atoms. The summed E-state index contributed by atoms with van der Waals surface area (Å²) in [5.74, 6) is 1.19. The van der Waals surface area contributed by atoms with Crippen LogP contribution in [0.15, 0.2) is 18.2 Å². The fourth-order valence-electron chi connectivity index (χ4n) is 1.74. The second-order valence-electron chi connectivity index (χ2n) is 4.50. The summed E-state index contributed by atoms with van der Waals surface area (Å²) in [6.45, 7) is 4.14.